The van der Waals surface area contributed by atoms with Crippen LogP contribution in [0, 0.1) is 0 Å². The molecular weight excluding hydrogens is 440 g/mol. The van der Waals surface area contributed by atoms with Gasteiger partial charge in [0, 0.05) is 24.1 Å². The minimum absolute atomic E-state index is 0.100. The molecule has 1 aromatic carbocycles. The van der Waals surface area contributed by atoms with E-state index in [4.69, 9.17) is 23.4 Å². The Morgan fingerprint density at radius 3 is 2.52 bits per heavy atom. The maximum atomic E-state index is 12.9. The Balaban J connectivity index is 1.61. The van der Waals surface area contributed by atoms with Gasteiger partial charge in [-0.3, -0.25) is 4.79 Å². The van der Waals surface area contributed by atoms with Crippen LogP contribution in [-0.4, -0.2) is 81.7 Å². The molecule has 5 N–H and O–H groups in total. The van der Waals surface area contributed by atoms with E-state index in [1.165, 1.54) is 13.2 Å². The lowest BCUT2D eigenvalue weighted by molar-refractivity contribution is -0.304. The molecule has 6 atom stereocenters. The number of hydrogen-bond donors (Lipinski definition) is 5. The minimum atomic E-state index is -1.59. The fourth-order valence-electron chi connectivity index (χ4n) is 4.09. The lowest BCUT2D eigenvalue weighted by Crippen LogP contribution is -2.59. The maximum absolute atomic E-state index is 12.9. The lowest BCUT2D eigenvalue weighted by atomic mass is 9.96. The highest BCUT2D eigenvalue weighted by molar-refractivity contribution is 5.87. The first-order chi connectivity index (χ1) is 15.5. The van der Waals surface area contributed by atoms with Crippen molar-refractivity contribution in [3.8, 4) is 11.5 Å². The molecule has 11 heteroatoms. The molecule has 0 saturated carbocycles. The van der Waals surface area contributed by atoms with Crippen LogP contribution in [0.2, 0.25) is 0 Å². The van der Waals surface area contributed by atoms with E-state index in [1.54, 1.807) is 19.9 Å². The van der Waals surface area contributed by atoms with Crippen molar-refractivity contribution in [1.82, 2.24) is 0 Å². The molecule has 2 aliphatic heterocycles. The van der Waals surface area contributed by atoms with Gasteiger partial charge in [-0.05, 0) is 13.8 Å². The molecule has 4 rings (SSSR count). The zero-order valence-corrected chi connectivity index (χ0v) is 18.4. The maximum Gasteiger partial charge on any atom is 0.196 e. The van der Waals surface area contributed by atoms with Crippen LogP contribution < -0.4 is 14.9 Å². The third-order valence-corrected chi connectivity index (χ3v) is 5.98. The molecule has 1 aromatic heterocycles. The fraction of sp³-hybridized carbons (Fsp3) is 0.591. The van der Waals surface area contributed by atoms with Crippen molar-refractivity contribution in [2.75, 3.05) is 13.7 Å². The van der Waals surface area contributed by atoms with Crippen molar-refractivity contribution in [1.29, 1.82) is 0 Å². The van der Waals surface area contributed by atoms with E-state index >= 15 is 0 Å². The van der Waals surface area contributed by atoms with Crippen molar-refractivity contribution in [3.63, 3.8) is 0 Å². The molecule has 1 fully saturated rings. The van der Waals surface area contributed by atoms with Gasteiger partial charge in [-0.2, -0.15) is 0 Å². The standard InChI is InChI=1S/C22H28O11/c1-22(2,28)15-5-10-12(32-15)6-13-16(20(10)29-3)11(24)4-9(31-13)8-30-21-19(27)18(26)17(25)14(7-23)33-21/h4,6,14-15,17-19,21,23,25-28H,5,7-8H2,1-3H3/t14-,15+,17-,18+,19-,21+/m1/s1. The molecule has 0 radical (unpaired) electrons. The molecule has 11 nitrogen and oxygen atoms in total. The summed E-state index contributed by atoms with van der Waals surface area (Å²) in [6, 6.07) is 2.77. The number of aliphatic hydroxyl groups is 5. The molecule has 0 bridgehead atoms. The second-order valence-corrected chi connectivity index (χ2v) is 8.81. The van der Waals surface area contributed by atoms with Gasteiger partial charge in [-0.1, -0.05) is 0 Å². The van der Waals surface area contributed by atoms with Gasteiger partial charge in [0.2, 0.25) is 0 Å². The molecule has 2 aliphatic rings. The van der Waals surface area contributed by atoms with Gasteiger partial charge < -0.3 is 48.9 Å². The SMILES string of the molecule is COc1c2c(cc3oc(CO[C@H]4O[C@H](CO)[C@@H](O)[C@H](O)[C@H]4O)cc(=O)c13)O[C@H](C(C)(C)O)C2. The van der Waals surface area contributed by atoms with Crippen molar-refractivity contribution in [2.24, 2.45) is 0 Å². The Kier molecular flexibility index (Phi) is 6.40. The normalized spacial score (nSPS) is 29.7. The molecule has 0 spiro atoms. The molecule has 3 heterocycles. The second-order valence-electron chi connectivity index (χ2n) is 8.81. The largest absolute Gasteiger partial charge is 0.495 e. The highest BCUT2D eigenvalue weighted by Crippen LogP contribution is 2.43. The third-order valence-electron chi connectivity index (χ3n) is 5.98. The minimum Gasteiger partial charge on any atom is -0.495 e. The smallest absolute Gasteiger partial charge is 0.196 e. The summed E-state index contributed by atoms with van der Waals surface area (Å²) in [5, 5.41) is 49.7. The van der Waals surface area contributed by atoms with Gasteiger partial charge >= 0.3 is 0 Å². The molecular formula is C22H28O11. The molecule has 182 valence electrons. The highest BCUT2D eigenvalue weighted by Gasteiger charge is 2.44. The van der Waals surface area contributed by atoms with Crippen LogP contribution in [0.4, 0.5) is 0 Å². The van der Waals surface area contributed by atoms with E-state index in [0.717, 1.165) is 0 Å². The number of aliphatic hydroxyl groups excluding tert-OH is 4. The zero-order valence-electron chi connectivity index (χ0n) is 18.4. The van der Waals surface area contributed by atoms with E-state index in [2.05, 4.69) is 0 Å². The van der Waals surface area contributed by atoms with Gasteiger partial charge in [-0.15, -0.1) is 0 Å². The molecule has 0 aliphatic carbocycles. The number of rotatable bonds is 6. The molecule has 1 saturated heterocycles. The van der Waals surface area contributed by atoms with Crippen LogP contribution in [0.25, 0.3) is 11.0 Å². The Hall–Kier alpha value is -2.25. The van der Waals surface area contributed by atoms with Crippen LogP contribution >= 0.6 is 0 Å². The Bertz CT molecular complexity index is 1070. The second kappa shape index (κ2) is 8.84. The van der Waals surface area contributed by atoms with Gasteiger partial charge in [0.15, 0.2) is 11.7 Å². The summed E-state index contributed by atoms with van der Waals surface area (Å²) in [5.41, 5.74) is -0.662. The lowest BCUT2D eigenvalue weighted by Gasteiger charge is -2.39. The van der Waals surface area contributed by atoms with Crippen LogP contribution in [0.15, 0.2) is 21.3 Å². The van der Waals surface area contributed by atoms with Gasteiger partial charge in [0.25, 0.3) is 0 Å². The molecule has 2 aromatic rings. The van der Waals surface area contributed by atoms with Crippen LogP contribution in [0.1, 0.15) is 25.2 Å². The van der Waals surface area contributed by atoms with Crippen LogP contribution in [-0.2, 0) is 22.5 Å². The fourth-order valence-corrected chi connectivity index (χ4v) is 4.09. The van der Waals surface area contributed by atoms with Crippen molar-refractivity contribution < 1.29 is 48.9 Å². The summed E-state index contributed by atoms with van der Waals surface area (Å²) in [6.45, 7) is 2.37. The van der Waals surface area contributed by atoms with Crippen molar-refractivity contribution in [3.05, 3.63) is 33.7 Å². The predicted molar refractivity (Wildman–Crippen MR) is 112 cm³/mol. The molecule has 33 heavy (non-hydrogen) atoms. The van der Waals surface area contributed by atoms with Gasteiger partial charge in [0.05, 0.1) is 19.3 Å². The van der Waals surface area contributed by atoms with E-state index < -0.39 is 54.4 Å². The monoisotopic (exact) mass is 468 g/mol. The van der Waals surface area contributed by atoms with Crippen molar-refractivity contribution in [2.45, 2.75) is 69.3 Å². The van der Waals surface area contributed by atoms with E-state index in [1.807, 2.05) is 0 Å². The average Bonchev–Trinajstić information content (AvgIpc) is 3.20. The number of fused-ring (bicyclic) bond motifs is 2. The van der Waals surface area contributed by atoms with E-state index in [-0.39, 0.29) is 23.3 Å². The topological polar surface area (TPSA) is 168 Å². The number of ether oxygens (including phenoxy) is 4. The molecule has 0 unspecified atom stereocenters. The first-order valence-corrected chi connectivity index (χ1v) is 10.5. The summed E-state index contributed by atoms with van der Waals surface area (Å²) in [5.74, 6) is 0.842. The summed E-state index contributed by atoms with van der Waals surface area (Å²) in [4.78, 5) is 12.9. The summed E-state index contributed by atoms with van der Waals surface area (Å²) < 4.78 is 27.9. The average molecular weight is 468 g/mol. The summed E-state index contributed by atoms with van der Waals surface area (Å²) >= 11 is 0. The van der Waals surface area contributed by atoms with Gasteiger partial charge in [-0.25, -0.2) is 0 Å². The number of benzene rings is 1. The predicted octanol–water partition coefficient (Wildman–Crippen LogP) is -0.808. The summed E-state index contributed by atoms with van der Waals surface area (Å²) in [7, 11) is 1.43. The van der Waals surface area contributed by atoms with Crippen molar-refractivity contribution >= 4 is 11.0 Å². The van der Waals surface area contributed by atoms with E-state index in [9.17, 15) is 30.3 Å². The Morgan fingerprint density at radius 1 is 1.15 bits per heavy atom. The quantitative estimate of drug-likeness (QED) is 0.360. The Morgan fingerprint density at radius 2 is 1.88 bits per heavy atom. The Labute approximate surface area is 188 Å². The molecule has 0 amide bonds. The zero-order chi connectivity index (χ0) is 24.1. The summed E-state index contributed by atoms with van der Waals surface area (Å²) in [6.07, 6.45) is -7.33. The number of methoxy groups -OCH3 is 1. The van der Waals surface area contributed by atoms with Crippen LogP contribution in [0.5, 0.6) is 11.5 Å². The van der Waals surface area contributed by atoms with E-state index in [0.29, 0.717) is 23.5 Å². The number of hydrogen-bond acceptors (Lipinski definition) is 11. The first-order valence-electron chi connectivity index (χ1n) is 10.5. The third kappa shape index (κ3) is 4.33. The highest BCUT2D eigenvalue weighted by atomic mass is 16.7. The first kappa shape index (κ1) is 23.9. The van der Waals surface area contributed by atoms with Crippen LogP contribution in [0.3, 0.4) is 0 Å². The van der Waals surface area contributed by atoms with Gasteiger partial charge in [0.1, 0.15) is 65.4 Å².